The van der Waals surface area contributed by atoms with Crippen LogP contribution in [0.5, 0.6) is 0 Å². The van der Waals surface area contributed by atoms with E-state index in [1.807, 2.05) is 36.4 Å². The van der Waals surface area contributed by atoms with Crippen LogP contribution in [0.1, 0.15) is 23.6 Å². The van der Waals surface area contributed by atoms with Crippen molar-refractivity contribution in [3.8, 4) is 0 Å². The first kappa shape index (κ1) is 17.0. The highest BCUT2D eigenvalue weighted by molar-refractivity contribution is 6.18. The van der Waals surface area contributed by atoms with Crippen molar-refractivity contribution >= 4 is 28.9 Å². The second-order valence-corrected chi connectivity index (χ2v) is 5.94. The number of benzene rings is 2. The molecule has 0 spiro atoms. The van der Waals surface area contributed by atoms with Crippen molar-refractivity contribution in [2.45, 2.75) is 12.5 Å². The van der Waals surface area contributed by atoms with E-state index in [1.165, 1.54) is 17.1 Å². The lowest BCUT2D eigenvalue weighted by Crippen LogP contribution is -2.39. The average Bonchev–Trinajstić information content (AvgIpc) is 3.08. The fraction of sp³-hybridized carbons (Fsp3) is 0.167. The van der Waals surface area contributed by atoms with Gasteiger partial charge in [-0.1, -0.05) is 42.5 Å². The molecule has 2 aromatic carbocycles. The molecule has 3 rings (SSSR count). The topological polar surface area (TPSA) is 75.5 Å². The number of amides is 1. The number of alkyl halides is 1. The van der Waals surface area contributed by atoms with Gasteiger partial charge in [0.05, 0.1) is 16.7 Å². The van der Waals surface area contributed by atoms with Gasteiger partial charge in [-0.15, -0.1) is 11.6 Å². The number of halogens is 1. The van der Waals surface area contributed by atoms with Crippen LogP contribution in [-0.2, 0) is 4.79 Å². The molecule has 7 heteroatoms. The quantitative estimate of drug-likeness (QED) is 0.503. The molecule has 1 atom stereocenters. The zero-order chi connectivity index (χ0) is 17.8. The van der Waals surface area contributed by atoms with Crippen LogP contribution in [-0.4, -0.2) is 21.7 Å². The molecule has 0 bridgehead atoms. The van der Waals surface area contributed by atoms with E-state index in [2.05, 4.69) is 5.43 Å². The molecule has 0 aliphatic carbocycles. The maximum Gasteiger partial charge on any atom is 0.269 e. The van der Waals surface area contributed by atoms with Gasteiger partial charge >= 0.3 is 0 Å². The maximum atomic E-state index is 12.4. The normalized spacial score (nSPS) is 16.3. The summed E-state index contributed by atoms with van der Waals surface area (Å²) >= 11 is 5.71. The van der Waals surface area contributed by atoms with Crippen LogP contribution in [0.4, 0.5) is 5.69 Å². The van der Waals surface area contributed by atoms with E-state index < -0.39 is 11.0 Å². The number of hydrogen-bond donors (Lipinski definition) is 1. The highest BCUT2D eigenvalue weighted by Gasteiger charge is 2.31. The molecule has 1 heterocycles. The first-order chi connectivity index (χ1) is 12.1. The monoisotopic (exact) mass is 357 g/mol. The Kier molecular flexibility index (Phi) is 5.00. The maximum absolute atomic E-state index is 12.4. The van der Waals surface area contributed by atoms with Gasteiger partial charge in [0.25, 0.3) is 5.69 Å². The van der Waals surface area contributed by atoms with Crippen molar-refractivity contribution < 1.29 is 9.72 Å². The Hall–Kier alpha value is -2.86. The fourth-order valence-corrected chi connectivity index (χ4v) is 2.90. The predicted molar refractivity (Wildman–Crippen MR) is 95.6 cm³/mol. The van der Waals surface area contributed by atoms with E-state index in [9.17, 15) is 14.9 Å². The second-order valence-electron chi connectivity index (χ2n) is 5.56. The molecular formula is C18H16ClN3O3. The number of hydrogen-bond acceptors (Lipinski definition) is 4. The molecule has 0 unspecified atom stereocenters. The van der Waals surface area contributed by atoms with E-state index >= 15 is 0 Å². The van der Waals surface area contributed by atoms with Crippen LogP contribution in [0.3, 0.4) is 0 Å². The van der Waals surface area contributed by atoms with E-state index in [1.54, 1.807) is 12.1 Å². The standard InChI is InChI=1S/C18H16ClN3O3/c19-10-9-18(23)21-17(14-7-4-8-15(11-14)22(24)25)12-16(20-21)13-5-2-1-3-6-13/h1-8,11-12,17,20H,9-10H2/t17-/m0/s1. The highest BCUT2D eigenvalue weighted by atomic mass is 35.5. The summed E-state index contributed by atoms with van der Waals surface area (Å²) in [5.74, 6) is 0.0352. The van der Waals surface area contributed by atoms with Gasteiger partial charge in [0.15, 0.2) is 0 Å². The van der Waals surface area contributed by atoms with Crippen LogP contribution in [0.2, 0.25) is 0 Å². The molecule has 1 aliphatic rings. The Morgan fingerprint density at radius 3 is 2.64 bits per heavy atom. The van der Waals surface area contributed by atoms with Gasteiger partial charge in [0.2, 0.25) is 5.91 Å². The molecule has 0 radical (unpaired) electrons. The van der Waals surface area contributed by atoms with Crippen molar-refractivity contribution in [2.75, 3.05) is 5.88 Å². The molecule has 2 aromatic rings. The summed E-state index contributed by atoms with van der Waals surface area (Å²) in [5, 5.41) is 12.5. The minimum atomic E-state index is -0.446. The van der Waals surface area contributed by atoms with Gasteiger partial charge < -0.3 is 0 Å². The first-order valence-corrected chi connectivity index (χ1v) is 8.30. The molecule has 128 valence electrons. The van der Waals surface area contributed by atoms with E-state index in [0.29, 0.717) is 5.56 Å². The molecule has 6 nitrogen and oxygen atoms in total. The van der Waals surface area contributed by atoms with Crippen molar-refractivity contribution in [1.29, 1.82) is 0 Å². The summed E-state index contributed by atoms with van der Waals surface area (Å²) < 4.78 is 0. The van der Waals surface area contributed by atoms with Crippen molar-refractivity contribution in [3.63, 3.8) is 0 Å². The van der Waals surface area contributed by atoms with Gasteiger partial charge in [-0.2, -0.15) is 0 Å². The third-order valence-corrected chi connectivity index (χ3v) is 4.12. The number of nitro benzene ring substituents is 1. The number of nitrogens with zero attached hydrogens (tertiary/aromatic N) is 2. The zero-order valence-corrected chi connectivity index (χ0v) is 14.0. The van der Waals surface area contributed by atoms with E-state index in [0.717, 1.165) is 11.3 Å². The van der Waals surface area contributed by atoms with Gasteiger partial charge in [-0.25, -0.2) is 5.01 Å². The Morgan fingerprint density at radius 2 is 1.96 bits per heavy atom. The van der Waals surface area contributed by atoms with Gasteiger partial charge in [-0.3, -0.25) is 20.3 Å². The molecule has 1 N–H and O–H groups in total. The Balaban J connectivity index is 1.99. The number of nitro groups is 1. The van der Waals surface area contributed by atoms with Crippen LogP contribution in [0.15, 0.2) is 60.7 Å². The summed E-state index contributed by atoms with van der Waals surface area (Å²) in [4.78, 5) is 23.0. The molecule has 0 fully saturated rings. The summed E-state index contributed by atoms with van der Waals surface area (Å²) in [6.07, 6.45) is 2.07. The van der Waals surface area contributed by atoms with Crippen molar-refractivity contribution in [1.82, 2.24) is 10.4 Å². The van der Waals surface area contributed by atoms with Crippen molar-refractivity contribution in [3.05, 3.63) is 81.9 Å². The highest BCUT2D eigenvalue weighted by Crippen LogP contribution is 2.33. The SMILES string of the molecule is O=C(CCCl)N1NC(c2ccccc2)=C[C@H]1c1cccc([N+](=O)[O-])c1. The summed E-state index contributed by atoms with van der Waals surface area (Å²) in [6, 6.07) is 15.4. The average molecular weight is 358 g/mol. The fourth-order valence-electron chi connectivity index (χ4n) is 2.73. The second kappa shape index (κ2) is 7.36. The van der Waals surface area contributed by atoms with Crippen LogP contribution < -0.4 is 5.43 Å². The van der Waals surface area contributed by atoms with Crippen molar-refractivity contribution in [2.24, 2.45) is 0 Å². The van der Waals surface area contributed by atoms with Crippen LogP contribution >= 0.6 is 11.6 Å². The molecule has 0 saturated carbocycles. The summed E-state index contributed by atoms with van der Waals surface area (Å²) in [6.45, 7) is 0. The lowest BCUT2D eigenvalue weighted by molar-refractivity contribution is -0.384. The number of rotatable bonds is 5. The summed E-state index contributed by atoms with van der Waals surface area (Å²) in [7, 11) is 0. The largest absolute Gasteiger partial charge is 0.295 e. The number of hydrazine groups is 1. The summed E-state index contributed by atoms with van der Waals surface area (Å²) in [5.41, 5.74) is 5.47. The van der Waals surface area contributed by atoms with Crippen LogP contribution in [0.25, 0.3) is 5.70 Å². The minimum Gasteiger partial charge on any atom is -0.295 e. The van der Waals surface area contributed by atoms with E-state index in [4.69, 9.17) is 11.6 Å². The van der Waals surface area contributed by atoms with Crippen LogP contribution in [0, 0.1) is 10.1 Å². The smallest absolute Gasteiger partial charge is 0.269 e. The number of nitrogens with one attached hydrogen (secondary N) is 1. The zero-order valence-electron chi connectivity index (χ0n) is 13.3. The Morgan fingerprint density at radius 1 is 1.20 bits per heavy atom. The molecule has 0 aromatic heterocycles. The Labute approximate surface area is 149 Å². The molecule has 25 heavy (non-hydrogen) atoms. The third kappa shape index (κ3) is 3.64. The molecule has 0 saturated heterocycles. The number of carbonyl (C=O) groups is 1. The van der Waals surface area contributed by atoms with Gasteiger partial charge in [0, 0.05) is 24.4 Å². The van der Waals surface area contributed by atoms with E-state index in [-0.39, 0.29) is 23.9 Å². The molecule has 1 aliphatic heterocycles. The lowest BCUT2D eigenvalue weighted by Gasteiger charge is -2.25. The molecule has 1 amide bonds. The molecular weight excluding hydrogens is 342 g/mol. The Bertz CT molecular complexity index is 823. The number of carbonyl (C=O) groups excluding carboxylic acids is 1. The number of non-ortho nitro benzene ring substituents is 1. The third-order valence-electron chi connectivity index (χ3n) is 3.93. The minimum absolute atomic E-state index is 0.0104. The van der Waals surface area contributed by atoms with Gasteiger partial charge in [-0.05, 0) is 17.2 Å². The predicted octanol–water partition coefficient (Wildman–Crippen LogP) is 3.65. The first-order valence-electron chi connectivity index (χ1n) is 7.76. The lowest BCUT2D eigenvalue weighted by atomic mass is 10.0. The van der Waals surface area contributed by atoms with Gasteiger partial charge in [0.1, 0.15) is 0 Å².